The molecule has 3 aromatic rings. The highest BCUT2D eigenvalue weighted by Crippen LogP contribution is 2.22. The van der Waals surface area contributed by atoms with E-state index < -0.39 is 11.9 Å². The molecule has 11 heteroatoms. The summed E-state index contributed by atoms with van der Waals surface area (Å²) in [5.74, 6) is 0.687. The van der Waals surface area contributed by atoms with E-state index in [-0.39, 0.29) is 11.3 Å². The minimum Gasteiger partial charge on any atom is -0.497 e. The second kappa shape index (κ2) is 15.5. The normalized spacial score (nSPS) is 9.50. The molecule has 0 aliphatic carbocycles. The molecule has 0 spiro atoms. The van der Waals surface area contributed by atoms with Crippen molar-refractivity contribution in [3.05, 3.63) is 77.1 Å². The third kappa shape index (κ3) is 9.87. The molecule has 0 aliphatic heterocycles. The lowest BCUT2D eigenvalue weighted by Crippen LogP contribution is -2.03. The second-order valence-electron chi connectivity index (χ2n) is 6.89. The van der Waals surface area contributed by atoms with Crippen molar-refractivity contribution in [3.8, 4) is 23.0 Å². The van der Waals surface area contributed by atoms with Gasteiger partial charge in [-0.1, -0.05) is 0 Å². The van der Waals surface area contributed by atoms with Gasteiger partial charge >= 0.3 is 11.9 Å². The van der Waals surface area contributed by atoms with E-state index >= 15 is 0 Å². The number of aromatic nitrogens is 1. The molecule has 0 aliphatic rings. The van der Waals surface area contributed by atoms with Crippen molar-refractivity contribution in [2.75, 3.05) is 28.4 Å². The van der Waals surface area contributed by atoms with Crippen molar-refractivity contribution < 1.29 is 38.7 Å². The first-order valence-electron chi connectivity index (χ1n) is 10.5. The molecule has 36 heavy (non-hydrogen) atoms. The van der Waals surface area contributed by atoms with E-state index in [1.165, 1.54) is 6.07 Å². The van der Waals surface area contributed by atoms with Crippen LogP contribution in [0.25, 0.3) is 0 Å². The summed E-state index contributed by atoms with van der Waals surface area (Å²) in [7, 11) is 6.48. The van der Waals surface area contributed by atoms with Gasteiger partial charge in [0.1, 0.15) is 28.7 Å². The molecule has 194 valence electrons. The standard InChI is InChI=1S/2C9H13NO2.C7H5NO4/c2*1-11-8-3-7(6-10)4-9(5-8)12-2;9-6(10)4-1-2-8-5(3-4)7(11)12/h2*3-5H,6,10H2,1-2H3;1-3H,(H,9,10)(H,11,12). The smallest absolute Gasteiger partial charge is 0.354 e. The lowest BCUT2D eigenvalue weighted by atomic mass is 10.2. The van der Waals surface area contributed by atoms with Crippen molar-refractivity contribution >= 4 is 11.9 Å². The second-order valence-corrected chi connectivity index (χ2v) is 6.89. The summed E-state index contributed by atoms with van der Waals surface area (Å²) in [6, 6.07) is 13.4. The maximum atomic E-state index is 10.4. The Morgan fingerprint density at radius 3 is 1.36 bits per heavy atom. The first-order chi connectivity index (χ1) is 17.2. The molecule has 6 N–H and O–H groups in total. The molecule has 0 radical (unpaired) electrons. The van der Waals surface area contributed by atoms with Crippen LogP contribution in [-0.4, -0.2) is 55.6 Å². The third-order valence-corrected chi connectivity index (χ3v) is 4.52. The van der Waals surface area contributed by atoms with Crippen LogP contribution in [0.4, 0.5) is 0 Å². The highest BCUT2D eigenvalue weighted by atomic mass is 16.5. The molecule has 1 heterocycles. The van der Waals surface area contributed by atoms with Gasteiger partial charge in [-0.2, -0.15) is 0 Å². The number of carboxylic acids is 2. The minimum absolute atomic E-state index is 0.0811. The number of methoxy groups -OCH3 is 4. The first kappa shape index (κ1) is 29.7. The summed E-state index contributed by atoms with van der Waals surface area (Å²) >= 11 is 0. The largest absolute Gasteiger partial charge is 0.497 e. The highest BCUT2D eigenvalue weighted by Gasteiger charge is 2.08. The summed E-state index contributed by atoms with van der Waals surface area (Å²) < 4.78 is 20.3. The van der Waals surface area contributed by atoms with E-state index in [9.17, 15) is 9.59 Å². The molecule has 1 aromatic heterocycles. The van der Waals surface area contributed by atoms with E-state index in [4.69, 9.17) is 40.6 Å². The molecule has 11 nitrogen and oxygen atoms in total. The Hall–Kier alpha value is -4.35. The number of rotatable bonds is 8. The maximum Gasteiger partial charge on any atom is 0.354 e. The van der Waals surface area contributed by atoms with Gasteiger partial charge in [0, 0.05) is 31.4 Å². The zero-order valence-corrected chi connectivity index (χ0v) is 20.6. The fourth-order valence-electron chi connectivity index (χ4n) is 2.65. The van der Waals surface area contributed by atoms with Gasteiger partial charge in [-0.3, -0.25) is 0 Å². The number of carbonyl (C=O) groups is 2. The van der Waals surface area contributed by atoms with Gasteiger partial charge in [0.15, 0.2) is 0 Å². The van der Waals surface area contributed by atoms with E-state index in [0.717, 1.165) is 46.4 Å². The Bertz CT molecular complexity index is 943. The van der Waals surface area contributed by atoms with Crippen LogP contribution < -0.4 is 30.4 Å². The number of ether oxygens (including phenoxy) is 4. The predicted molar refractivity (Wildman–Crippen MR) is 133 cm³/mol. The molecule has 0 bridgehead atoms. The Balaban J connectivity index is 0.000000270. The zero-order chi connectivity index (χ0) is 27.1. The zero-order valence-electron chi connectivity index (χ0n) is 20.6. The van der Waals surface area contributed by atoms with Crippen molar-refractivity contribution in [2.45, 2.75) is 13.1 Å². The molecule has 0 fully saturated rings. The Morgan fingerprint density at radius 2 is 1.08 bits per heavy atom. The van der Waals surface area contributed by atoms with E-state index in [2.05, 4.69) is 4.98 Å². The lowest BCUT2D eigenvalue weighted by Gasteiger charge is -2.06. The number of aromatic carboxylic acids is 2. The van der Waals surface area contributed by atoms with Gasteiger partial charge in [-0.25, -0.2) is 14.6 Å². The topological polar surface area (TPSA) is 176 Å². The summed E-state index contributed by atoms with van der Waals surface area (Å²) in [5, 5.41) is 16.9. The maximum absolute atomic E-state index is 10.4. The molecule has 3 rings (SSSR count). The van der Waals surface area contributed by atoms with E-state index in [1.54, 1.807) is 28.4 Å². The molecule has 2 aromatic carbocycles. The summed E-state index contributed by atoms with van der Waals surface area (Å²) in [6.07, 6.45) is 1.15. The van der Waals surface area contributed by atoms with Crippen LogP contribution in [0.5, 0.6) is 23.0 Å². The lowest BCUT2D eigenvalue weighted by molar-refractivity contribution is 0.0690. The fourth-order valence-corrected chi connectivity index (χ4v) is 2.65. The van der Waals surface area contributed by atoms with Gasteiger partial charge in [-0.15, -0.1) is 0 Å². The van der Waals surface area contributed by atoms with Crippen LogP contribution in [0, 0.1) is 0 Å². The number of carboxylic acid groups (broad SMARTS) is 2. The number of hydrogen-bond donors (Lipinski definition) is 4. The Morgan fingerprint density at radius 1 is 0.694 bits per heavy atom. The van der Waals surface area contributed by atoms with Crippen molar-refractivity contribution in [1.29, 1.82) is 0 Å². The summed E-state index contributed by atoms with van der Waals surface area (Å²) in [5.41, 5.74) is 12.6. The van der Waals surface area contributed by atoms with Crippen LogP contribution in [0.1, 0.15) is 32.0 Å². The van der Waals surface area contributed by atoms with Crippen molar-refractivity contribution in [2.24, 2.45) is 11.5 Å². The molecular weight excluding hydrogens is 470 g/mol. The van der Waals surface area contributed by atoms with Gasteiger partial charge in [0.2, 0.25) is 0 Å². The number of nitrogens with zero attached hydrogens (tertiary/aromatic N) is 1. The SMILES string of the molecule is COc1cc(CN)cc(OC)c1.COc1cc(CN)cc(OC)c1.O=C(O)c1ccnc(C(=O)O)c1. The monoisotopic (exact) mass is 501 g/mol. The van der Waals surface area contributed by atoms with Crippen LogP contribution >= 0.6 is 0 Å². The van der Waals surface area contributed by atoms with Crippen molar-refractivity contribution in [1.82, 2.24) is 4.98 Å². The first-order valence-corrected chi connectivity index (χ1v) is 10.5. The quantitative estimate of drug-likeness (QED) is 0.357. The van der Waals surface area contributed by atoms with Crippen molar-refractivity contribution in [3.63, 3.8) is 0 Å². The van der Waals surface area contributed by atoms with Crippen LogP contribution in [0.3, 0.4) is 0 Å². The summed E-state index contributed by atoms with van der Waals surface area (Å²) in [4.78, 5) is 24.1. The average Bonchev–Trinajstić information content (AvgIpc) is 2.92. The van der Waals surface area contributed by atoms with Gasteiger partial charge in [0.25, 0.3) is 0 Å². The van der Waals surface area contributed by atoms with Crippen LogP contribution in [-0.2, 0) is 13.1 Å². The highest BCUT2D eigenvalue weighted by molar-refractivity contribution is 5.92. The number of nitrogens with two attached hydrogens (primary N) is 2. The molecule has 0 amide bonds. The number of benzene rings is 2. The number of pyridine rings is 1. The molecule has 0 saturated carbocycles. The van der Waals surface area contributed by atoms with E-state index in [1.807, 2.05) is 36.4 Å². The third-order valence-electron chi connectivity index (χ3n) is 4.52. The molecular formula is C25H31N3O8. The average molecular weight is 502 g/mol. The van der Waals surface area contributed by atoms with E-state index in [0.29, 0.717) is 13.1 Å². The van der Waals surface area contributed by atoms with Gasteiger partial charge in [-0.05, 0) is 47.5 Å². The summed E-state index contributed by atoms with van der Waals surface area (Å²) in [6.45, 7) is 0.987. The number of hydrogen-bond acceptors (Lipinski definition) is 9. The predicted octanol–water partition coefficient (Wildman–Crippen LogP) is 2.80. The Kier molecular flexibility index (Phi) is 12.8. The molecule has 0 unspecified atom stereocenters. The van der Waals surface area contributed by atoms with Gasteiger partial charge < -0.3 is 40.6 Å². The van der Waals surface area contributed by atoms with Crippen LogP contribution in [0.2, 0.25) is 0 Å². The molecule has 0 atom stereocenters. The minimum atomic E-state index is -1.24. The fraction of sp³-hybridized carbons (Fsp3) is 0.240. The van der Waals surface area contributed by atoms with Gasteiger partial charge in [0.05, 0.1) is 34.0 Å². The molecule has 0 saturated heterocycles. The Labute approximate surface area is 209 Å². The van der Waals surface area contributed by atoms with Crippen LogP contribution in [0.15, 0.2) is 54.7 Å².